The Morgan fingerprint density at radius 3 is 2.33 bits per heavy atom. The number of nitrogens with one attached hydrogen (secondary N) is 2. The number of carbonyl (C=O) groups is 2. The van der Waals surface area contributed by atoms with E-state index in [1.54, 1.807) is 49.5 Å². The number of nitrogens with zero attached hydrogens (tertiary/aromatic N) is 3. The molecule has 2 N–H and O–H groups in total. The van der Waals surface area contributed by atoms with Gasteiger partial charge in [-0.1, -0.05) is 30.3 Å². The molecule has 0 saturated carbocycles. The van der Waals surface area contributed by atoms with Gasteiger partial charge in [-0.15, -0.1) is 0 Å². The van der Waals surface area contributed by atoms with E-state index in [1.165, 1.54) is 35.2 Å². The number of amides is 3. The van der Waals surface area contributed by atoms with Crippen molar-refractivity contribution in [2.75, 3.05) is 17.3 Å². The predicted molar refractivity (Wildman–Crippen MR) is 121 cm³/mol. The molecule has 3 aromatic rings. The van der Waals surface area contributed by atoms with E-state index in [0.29, 0.717) is 11.3 Å². The van der Waals surface area contributed by atoms with Gasteiger partial charge in [-0.2, -0.15) is 0 Å². The Morgan fingerprint density at radius 1 is 1.03 bits per heavy atom. The van der Waals surface area contributed by atoms with Crippen LogP contribution in [0.2, 0.25) is 0 Å². The van der Waals surface area contributed by atoms with Crippen molar-refractivity contribution in [1.29, 1.82) is 0 Å². The van der Waals surface area contributed by atoms with Crippen LogP contribution >= 0.6 is 0 Å². The summed E-state index contributed by atoms with van der Waals surface area (Å²) < 4.78 is 14.6. The van der Waals surface area contributed by atoms with Crippen molar-refractivity contribution in [3.8, 4) is 0 Å². The van der Waals surface area contributed by atoms with Gasteiger partial charge in [0.25, 0.3) is 11.6 Å². The fraction of sp³-hybridized carbons (Fsp3) is 0.0870. The molecule has 10 heteroatoms. The number of rotatable bonds is 4. The van der Waals surface area contributed by atoms with Gasteiger partial charge < -0.3 is 15.5 Å². The van der Waals surface area contributed by atoms with E-state index in [2.05, 4.69) is 15.6 Å². The minimum Gasteiger partial charge on any atom is -0.311 e. The van der Waals surface area contributed by atoms with Gasteiger partial charge in [0.05, 0.1) is 16.3 Å². The largest absolute Gasteiger partial charge is 0.321 e. The van der Waals surface area contributed by atoms with Crippen LogP contribution in [0.5, 0.6) is 0 Å². The molecule has 3 amide bonds. The van der Waals surface area contributed by atoms with Crippen molar-refractivity contribution in [3.63, 3.8) is 0 Å². The topological polar surface area (TPSA) is 117 Å². The molecule has 166 valence electrons. The number of likely N-dealkylation sites (N-methyl/N-ethyl adjacent to an activating group) is 1. The minimum absolute atomic E-state index is 0.126. The lowest BCUT2D eigenvalue weighted by molar-refractivity contribution is -0.384. The van der Waals surface area contributed by atoms with Crippen molar-refractivity contribution >= 4 is 34.7 Å². The zero-order valence-corrected chi connectivity index (χ0v) is 17.4. The lowest BCUT2D eigenvalue weighted by Crippen LogP contribution is -2.47. The fourth-order valence-corrected chi connectivity index (χ4v) is 3.44. The predicted octanol–water partition coefficient (Wildman–Crippen LogP) is 3.70. The molecule has 0 aliphatic carbocycles. The van der Waals surface area contributed by atoms with Crippen LogP contribution in [0.4, 0.5) is 26.2 Å². The Bertz CT molecular complexity index is 1280. The maximum absolute atomic E-state index is 14.6. The molecule has 1 unspecified atom stereocenters. The highest BCUT2D eigenvalue weighted by Crippen LogP contribution is 2.28. The molecular formula is C23H18FN5O4. The summed E-state index contributed by atoms with van der Waals surface area (Å²) in [7, 11) is 1.55. The van der Waals surface area contributed by atoms with Crippen LogP contribution in [0.15, 0.2) is 77.8 Å². The third-order valence-electron chi connectivity index (χ3n) is 5.08. The number of non-ortho nitro benzene ring substituents is 1. The zero-order chi connectivity index (χ0) is 23.5. The summed E-state index contributed by atoms with van der Waals surface area (Å²) in [5.74, 6) is -1.04. The van der Waals surface area contributed by atoms with Crippen LogP contribution in [-0.4, -0.2) is 35.8 Å². The number of aliphatic imine (C=N–C) groups is 1. The number of benzene rings is 3. The van der Waals surface area contributed by atoms with Crippen LogP contribution in [0.3, 0.4) is 0 Å². The number of carbonyl (C=O) groups excluding carboxylic acids is 2. The molecule has 0 bridgehead atoms. The Balaban J connectivity index is 1.66. The second-order valence-electron chi connectivity index (χ2n) is 7.18. The van der Waals surface area contributed by atoms with Gasteiger partial charge in [0.15, 0.2) is 0 Å². The highest BCUT2D eigenvalue weighted by atomic mass is 19.1. The summed E-state index contributed by atoms with van der Waals surface area (Å²) in [5.41, 5.74) is 1.63. The van der Waals surface area contributed by atoms with Crippen molar-refractivity contribution in [3.05, 3.63) is 99.9 Å². The molecule has 33 heavy (non-hydrogen) atoms. The Kier molecular flexibility index (Phi) is 5.81. The van der Waals surface area contributed by atoms with E-state index in [9.17, 15) is 24.1 Å². The van der Waals surface area contributed by atoms with E-state index < -0.39 is 28.8 Å². The number of halogens is 1. The van der Waals surface area contributed by atoms with Gasteiger partial charge in [-0.25, -0.2) is 14.2 Å². The van der Waals surface area contributed by atoms with Crippen molar-refractivity contribution in [1.82, 2.24) is 5.32 Å². The highest BCUT2D eigenvalue weighted by molar-refractivity contribution is 6.20. The number of benzodiazepines with no additional fused rings is 1. The molecule has 0 saturated heterocycles. The highest BCUT2D eigenvalue weighted by Gasteiger charge is 2.31. The van der Waals surface area contributed by atoms with Gasteiger partial charge in [-0.3, -0.25) is 14.9 Å². The number of urea groups is 1. The molecule has 4 rings (SSSR count). The van der Waals surface area contributed by atoms with E-state index in [1.807, 2.05) is 0 Å². The molecule has 1 aliphatic rings. The van der Waals surface area contributed by atoms with Gasteiger partial charge in [0.2, 0.25) is 6.17 Å². The molecule has 0 fully saturated rings. The number of anilines is 2. The summed E-state index contributed by atoms with van der Waals surface area (Å²) in [6.45, 7) is 0. The van der Waals surface area contributed by atoms with Crippen LogP contribution < -0.4 is 15.5 Å². The SMILES string of the molecule is CN1C(=O)C(NC(=O)Nc2ccc([N+](=O)[O-])cc2)N=C(c2ccccc2F)c2ccccc21. The average Bonchev–Trinajstić information content (AvgIpc) is 2.90. The molecule has 0 radical (unpaired) electrons. The van der Waals surface area contributed by atoms with Gasteiger partial charge in [0, 0.05) is 36.0 Å². The van der Waals surface area contributed by atoms with E-state index in [-0.39, 0.29) is 22.6 Å². The summed E-state index contributed by atoms with van der Waals surface area (Å²) in [6, 6.07) is 17.4. The number of para-hydroxylation sites is 1. The summed E-state index contributed by atoms with van der Waals surface area (Å²) in [4.78, 5) is 41.7. The first-order valence-electron chi connectivity index (χ1n) is 9.87. The Hall–Kier alpha value is -4.60. The molecule has 9 nitrogen and oxygen atoms in total. The second-order valence-corrected chi connectivity index (χ2v) is 7.18. The van der Waals surface area contributed by atoms with Gasteiger partial charge >= 0.3 is 6.03 Å². The first-order valence-corrected chi connectivity index (χ1v) is 9.87. The summed E-state index contributed by atoms with van der Waals surface area (Å²) >= 11 is 0. The summed E-state index contributed by atoms with van der Waals surface area (Å²) in [5, 5.41) is 15.8. The normalized spacial score (nSPS) is 15.2. The third kappa shape index (κ3) is 4.40. The van der Waals surface area contributed by atoms with Crippen LogP contribution in [-0.2, 0) is 4.79 Å². The first kappa shape index (κ1) is 21.6. The van der Waals surface area contributed by atoms with Crippen molar-refractivity contribution in [2.24, 2.45) is 4.99 Å². The molecular weight excluding hydrogens is 429 g/mol. The minimum atomic E-state index is -1.34. The van der Waals surface area contributed by atoms with E-state index >= 15 is 0 Å². The van der Waals surface area contributed by atoms with Crippen LogP contribution in [0.1, 0.15) is 11.1 Å². The Labute approximate surface area is 187 Å². The smallest absolute Gasteiger partial charge is 0.311 e. The van der Waals surface area contributed by atoms with Gasteiger partial charge in [0.1, 0.15) is 5.82 Å². The number of hydrogen-bond acceptors (Lipinski definition) is 5. The molecule has 3 aromatic carbocycles. The molecule has 1 atom stereocenters. The number of nitro benzene ring substituents is 1. The molecule has 1 heterocycles. The molecule has 1 aliphatic heterocycles. The van der Waals surface area contributed by atoms with Gasteiger partial charge in [-0.05, 0) is 30.3 Å². The number of hydrogen-bond donors (Lipinski definition) is 2. The van der Waals surface area contributed by atoms with E-state index in [0.717, 1.165) is 0 Å². The number of fused-ring (bicyclic) bond motifs is 1. The summed E-state index contributed by atoms with van der Waals surface area (Å²) in [6.07, 6.45) is -1.34. The van der Waals surface area contributed by atoms with Crippen LogP contribution in [0.25, 0.3) is 0 Å². The van der Waals surface area contributed by atoms with Crippen molar-refractivity contribution in [2.45, 2.75) is 6.17 Å². The number of nitro groups is 1. The fourth-order valence-electron chi connectivity index (χ4n) is 3.44. The Morgan fingerprint density at radius 2 is 1.67 bits per heavy atom. The average molecular weight is 447 g/mol. The van der Waals surface area contributed by atoms with Crippen molar-refractivity contribution < 1.29 is 18.9 Å². The first-order chi connectivity index (χ1) is 15.8. The molecule has 0 aromatic heterocycles. The monoisotopic (exact) mass is 447 g/mol. The van der Waals surface area contributed by atoms with Crippen LogP contribution in [0, 0.1) is 15.9 Å². The zero-order valence-electron chi connectivity index (χ0n) is 17.4. The van der Waals surface area contributed by atoms with E-state index in [4.69, 9.17) is 0 Å². The molecule has 0 spiro atoms. The standard InChI is InChI=1S/C23H18FN5O4/c1-28-19-9-5-3-7-17(19)20(16-6-2-4-8-18(16)24)26-21(22(28)30)27-23(31)25-14-10-12-15(13-11-14)29(32)33/h2-13,21H,1H3,(H2,25,27,31). The maximum atomic E-state index is 14.6. The lowest BCUT2D eigenvalue weighted by Gasteiger charge is -2.21. The quantitative estimate of drug-likeness (QED) is 0.468. The third-order valence-corrected chi connectivity index (χ3v) is 5.08. The lowest BCUT2D eigenvalue weighted by atomic mass is 10.00. The maximum Gasteiger partial charge on any atom is 0.321 e. The second kappa shape index (κ2) is 8.87.